The first-order valence-corrected chi connectivity index (χ1v) is 4.80. The molecule has 0 aliphatic rings. The van der Waals surface area contributed by atoms with Gasteiger partial charge >= 0.3 is 51.4 Å². The van der Waals surface area contributed by atoms with E-state index in [1.54, 1.807) is 12.1 Å². The molecule has 0 N–H and O–H groups in total. The van der Waals surface area contributed by atoms with Crippen molar-refractivity contribution >= 4 is 5.97 Å². The van der Waals surface area contributed by atoms with Crippen molar-refractivity contribution in [2.75, 3.05) is 0 Å². The smallest absolute Gasteiger partial charge is 0.545 e. The van der Waals surface area contributed by atoms with E-state index in [9.17, 15) is 9.90 Å². The molecule has 2 aromatic heterocycles. The summed E-state index contributed by atoms with van der Waals surface area (Å²) in [6.07, 6.45) is 2.73. The third kappa shape index (κ3) is 3.82. The summed E-state index contributed by atoms with van der Waals surface area (Å²) in [7, 11) is 0. The number of hydrogen-bond donors (Lipinski definition) is 0. The molecule has 0 radical (unpaired) electrons. The van der Waals surface area contributed by atoms with E-state index in [0.29, 0.717) is 5.75 Å². The second-order valence-corrected chi connectivity index (χ2v) is 3.27. The Kier molecular flexibility index (Phi) is 5.83. The van der Waals surface area contributed by atoms with Crippen molar-refractivity contribution in [2.24, 2.45) is 0 Å². The molecule has 18 heavy (non-hydrogen) atoms. The number of carboxylic acids is 1. The summed E-state index contributed by atoms with van der Waals surface area (Å²) in [5, 5.41) is 17.9. The van der Waals surface area contributed by atoms with Crippen LogP contribution in [0, 0.1) is 6.92 Å². The Balaban J connectivity index is 0.00000162. The fourth-order valence-electron chi connectivity index (χ4n) is 1.18. The second-order valence-electron chi connectivity index (χ2n) is 3.27. The molecule has 2 rings (SSSR count). The number of carbonyl (C=O) groups excluding carboxylic acids is 1. The quantitative estimate of drug-likeness (QED) is 0.565. The van der Waals surface area contributed by atoms with Gasteiger partial charge in [-0.05, 0) is 25.1 Å². The Hall–Kier alpha value is -0.864. The number of nitrogens with zero attached hydrogens (tertiary/aromatic N) is 3. The zero-order valence-electron chi connectivity index (χ0n) is 9.95. The van der Waals surface area contributed by atoms with Gasteiger partial charge in [0, 0.05) is 5.69 Å². The van der Waals surface area contributed by atoms with Crippen molar-refractivity contribution < 1.29 is 66.0 Å². The molecule has 0 aliphatic carbocycles. The van der Waals surface area contributed by atoms with Gasteiger partial charge in [-0.1, -0.05) is 0 Å². The zero-order valence-corrected chi connectivity index (χ0v) is 13.1. The number of carbonyl (C=O) groups is 1. The van der Waals surface area contributed by atoms with Gasteiger partial charge in [-0.2, -0.15) is 5.10 Å². The molecule has 0 aliphatic heterocycles. The van der Waals surface area contributed by atoms with Gasteiger partial charge in [0.25, 0.3) is 0 Å². The van der Waals surface area contributed by atoms with Crippen LogP contribution in [0.4, 0.5) is 0 Å². The van der Waals surface area contributed by atoms with Gasteiger partial charge in [-0.25, -0.2) is 0 Å². The number of pyridine rings is 1. The van der Waals surface area contributed by atoms with Crippen molar-refractivity contribution in [3.63, 3.8) is 0 Å². The molecule has 6 nitrogen and oxygen atoms in total. The number of rotatable bonds is 3. The van der Waals surface area contributed by atoms with Crippen LogP contribution in [0.1, 0.15) is 16.1 Å². The summed E-state index contributed by atoms with van der Waals surface area (Å²) in [6.45, 7) is 1.83. The van der Waals surface area contributed by atoms with Crippen LogP contribution in [0.25, 0.3) is 0 Å². The average molecular weight is 269 g/mol. The normalized spacial score (nSPS) is 9.39. The Morgan fingerprint density at radius 3 is 2.72 bits per heavy atom. The summed E-state index contributed by atoms with van der Waals surface area (Å²) in [4.78, 5) is 14.8. The fourth-order valence-corrected chi connectivity index (χ4v) is 1.18. The topological polar surface area (TPSA) is 88.0 Å². The molecule has 2 aromatic rings. The molecule has 2 heterocycles. The van der Waals surface area contributed by atoms with Crippen LogP contribution >= 0.6 is 0 Å². The van der Waals surface area contributed by atoms with E-state index >= 15 is 0 Å². The number of hydrogen-bond acceptors (Lipinski definition) is 6. The molecular weight excluding hydrogens is 261 g/mol. The summed E-state index contributed by atoms with van der Waals surface area (Å²) in [5.41, 5.74) is 0.678. The van der Waals surface area contributed by atoms with E-state index in [1.165, 1.54) is 18.5 Å². The molecule has 0 fully saturated rings. The molecule has 0 aromatic carbocycles. The van der Waals surface area contributed by atoms with Gasteiger partial charge in [-0.3, -0.25) is 4.98 Å². The fraction of sp³-hybridized carbons (Fsp3) is 0.0909. The molecular formula is C11H8KN3O3. The predicted octanol–water partition coefficient (Wildman–Crippen LogP) is -2.66. The van der Waals surface area contributed by atoms with E-state index in [4.69, 9.17) is 4.74 Å². The first-order valence-electron chi connectivity index (χ1n) is 4.80. The Morgan fingerprint density at radius 1 is 1.33 bits per heavy atom. The monoisotopic (exact) mass is 269 g/mol. The average Bonchev–Trinajstić information content (AvgIpc) is 2.32. The maximum Gasteiger partial charge on any atom is 1.00 e. The number of aromatic nitrogens is 3. The van der Waals surface area contributed by atoms with Crippen molar-refractivity contribution in [1.82, 2.24) is 15.2 Å². The third-order valence-corrected chi connectivity index (χ3v) is 2.01. The number of carboxylic acid groups (broad SMARTS) is 1. The standard InChI is InChI=1S/C11H9N3O3.K/c1-7-2-3-8(6-12-7)17-10-9(11(15)16)4-5-13-14-10;/h2-6H,1H3,(H,15,16);/q;+1/p-1. The van der Waals surface area contributed by atoms with Gasteiger partial charge in [0.2, 0.25) is 5.88 Å². The molecule has 86 valence electrons. The minimum Gasteiger partial charge on any atom is -0.545 e. The first-order chi connectivity index (χ1) is 8.16. The van der Waals surface area contributed by atoms with Crippen LogP contribution in [0.5, 0.6) is 11.6 Å². The number of aryl methyl sites for hydroxylation is 1. The van der Waals surface area contributed by atoms with Gasteiger partial charge in [-0.15, -0.1) is 5.10 Å². The molecule has 7 heteroatoms. The Bertz CT molecular complexity index is 545. The van der Waals surface area contributed by atoms with E-state index in [-0.39, 0.29) is 62.8 Å². The molecule has 0 saturated carbocycles. The van der Waals surface area contributed by atoms with Gasteiger partial charge in [0.1, 0.15) is 5.75 Å². The van der Waals surface area contributed by atoms with E-state index in [1.807, 2.05) is 6.92 Å². The van der Waals surface area contributed by atoms with Crippen LogP contribution in [0.2, 0.25) is 0 Å². The van der Waals surface area contributed by atoms with Gasteiger partial charge in [0.05, 0.1) is 23.9 Å². The van der Waals surface area contributed by atoms with Crippen molar-refractivity contribution in [3.05, 3.63) is 41.9 Å². The maximum absolute atomic E-state index is 10.8. The Labute approximate surface area is 146 Å². The van der Waals surface area contributed by atoms with Crippen LogP contribution in [-0.2, 0) is 0 Å². The molecule has 0 spiro atoms. The minimum absolute atomic E-state index is 0. The van der Waals surface area contributed by atoms with Crippen molar-refractivity contribution in [1.29, 1.82) is 0 Å². The van der Waals surface area contributed by atoms with Crippen molar-refractivity contribution in [3.8, 4) is 11.6 Å². The first kappa shape index (κ1) is 15.2. The summed E-state index contributed by atoms with van der Waals surface area (Å²) >= 11 is 0. The number of ether oxygens (including phenoxy) is 1. The maximum atomic E-state index is 10.8. The van der Waals surface area contributed by atoms with Crippen LogP contribution in [0.15, 0.2) is 30.6 Å². The van der Waals surface area contributed by atoms with E-state index in [0.717, 1.165) is 5.69 Å². The molecule has 0 bridgehead atoms. The molecule has 0 amide bonds. The predicted molar refractivity (Wildman–Crippen MR) is 55.4 cm³/mol. The van der Waals surface area contributed by atoms with Crippen LogP contribution in [0.3, 0.4) is 0 Å². The van der Waals surface area contributed by atoms with Crippen LogP contribution in [-0.4, -0.2) is 21.2 Å². The SMILES string of the molecule is Cc1ccc(Oc2nnccc2C(=O)[O-])cn1.[K+]. The van der Waals surface area contributed by atoms with Gasteiger partial charge in [0.15, 0.2) is 0 Å². The molecule has 0 saturated heterocycles. The van der Waals surface area contributed by atoms with Gasteiger partial charge < -0.3 is 14.6 Å². The largest absolute Gasteiger partial charge is 1.00 e. The summed E-state index contributed by atoms with van der Waals surface area (Å²) in [5.74, 6) is -1.09. The van der Waals surface area contributed by atoms with E-state index < -0.39 is 5.97 Å². The van der Waals surface area contributed by atoms with Crippen LogP contribution < -0.4 is 61.2 Å². The number of aromatic carboxylic acids is 1. The Morgan fingerprint density at radius 2 is 2.11 bits per heavy atom. The van der Waals surface area contributed by atoms with Crippen molar-refractivity contribution in [2.45, 2.75) is 6.92 Å². The summed E-state index contributed by atoms with van der Waals surface area (Å²) < 4.78 is 5.27. The second kappa shape index (κ2) is 6.91. The third-order valence-electron chi connectivity index (χ3n) is 2.01. The summed E-state index contributed by atoms with van der Waals surface area (Å²) in [6, 6.07) is 4.67. The molecule has 0 atom stereocenters. The minimum atomic E-state index is -1.37. The molecule has 0 unspecified atom stereocenters. The van der Waals surface area contributed by atoms with E-state index in [2.05, 4.69) is 15.2 Å². The zero-order chi connectivity index (χ0) is 12.3.